The summed E-state index contributed by atoms with van der Waals surface area (Å²) in [4.78, 5) is 13.9. The number of hydrogen-bond donors (Lipinski definition) is 0. The molecule has 0 aromatic heterocycles. The molecule has 1 fully saturated rings. The van der Waals surface area contributed by atoms with Gasteiger partial charge >= 0.3 is 0 Å². The summed E-state index contributed by atoms with van der Waals surface area (Å²) in [5.41, 5.74) is 0. The van der Waals surface area contributed by atoms with Gasteiger partial charge in [0.05, 0.1) is 0 Å². The lowest BCUT2D eigenvalue weighted by molar-refractivity contribution is -0.136. The van der Waals surface area contributed by atoms with Gasteiger partial charge in [-0.25, -0.2) is 0 Å². The Bertz CT molecular complexity index is 161. The molecule has 1 amide bonds. The van der Waals surface area contributed by atoms with Gasteiger partial charge in [-0.2, -0.15) is 0 Å². The molecule has 0 unspecified atom stereocenters. The van der Waals surface area contributed by atoms with E-state index in [0.717, 1.165) is 25.9 Å². The van der Waals surface area contributed by atoms with Crippen LogP contribution in [0.2, 0.25) is 0 Å². The summed E-state index contributed by atoms with van der Waals surface area (Å²) in [6.07, 6.45) is 5.84. The molecule has 1 rings (SSSR count). The predicted octanol–water partition coefficient (Wildman–Crippen LogP) is 2.44. The maximum Gasteiger partial charge on any atom is 0.225 e. The summed E-state index contributed by atoms with van der Waals surface area (Å²) in [6.45, 7) is 6.18. The van der Waals surface area contributed by atoms with Crippen molar-refractivity contribution in [2.24, 2.45) is 5.92 Å². The Hall–Kier alpha value is -0.530. The minimum atomic E-state index is 0.239. The Morgan fingerprint density at radius 2 is 1.92 bits per heavy atom. The summed E-state index contributed by atoms with van der Waals surface area (Å²) in [5.74, 6) is 0.615. The standard InChI is InChI=1S/C11H21NO/c1-3-7-10(2)11(13)12-8-5-4-6-9-12/h10H,3-9H2,1-2H3/t10-/m1/s1. The van der Waals surface area contributed by atoms with E-state index in [0.29, 0.717) is 5.91 Å². The highest BCUT2D eigenvalue weighted by Gasteiger charge is 2.20. The number of piperidine rings is 1. The molecule has 0 radical (unpaired) electrons. The molecule has 0 aromatic carbocycles. The van der Waals surface area contributed by atoms with Crippen LogP contribution in [0.1, 0.15) is 46.0 Å². The van der Waals surface area contributed by atoms with Gasteiger partial charge in [-0.3, -0.25) is 4.79 Å². The third-order valence-electron chi connectivity index (χ3n) is 2.81. The van der Waals surface area contributed by atoms with E-state index < -0.39 is 0 Å². The van der Waals surface area contributed by atoms with Gasteiger partial charge in [-0.15, -0.1) is 0 Å². The smallest absolute Gasteiger partial charge is 0.225 e. The van der Waals surface area contributed by atoms with E-state index in [1.807, 2.05) is 4.90 Å². The highest BCUT2D eigenvalue weighted by atomic mass is 16.2. The van der Waals surface area contributed by atoms with Crippen LogP contribution in [-0.2, 0) is 4.79 Å². The van der Waals surface area contributed by atoms with Gasteiger partial charge in [0.1, 0.15) is 0 Å². The molecule has 1 atom stereocenters. The van der Waals surface area contributed by atoms with Crippen LogP contribution in [0.15, 0.2) is 0 Å². The first-order valence-electron chi connectivity index (χ1n) is 5.54. The molecular weight excluding hydrogens is 162 g/mol. The number of amides is 1. The lowest BCUT2D eigenvalue weighted by Gasteiger charge is -2.29. The molecule has 1 heterocycles. The van der Waals surface area contributed by atoms with Gasteiger partial charge in [-0.1, -0.05) is 20.3 Å². The molecule has 0 aromatic rings. The van der Waals surface area contributed by atoms with Crippen LogP contribution in [0.5, 0.6) is 0 Å². The van der Waals surface area contributed by atoms with Crippen molar-refractivity contribution >= 4 is 5.91 Å². The fourth-order valence-corrected chi connectivity index (χ4v) is 1.98. The third kappa shape index (κ3) is 3.02. The van der Waals surface area contributed by atoms with E-state index in [-0.39, 0.29) is 5.92 Å². The molecule has 13 heavy (non-hydrogen) atoms. The highest BCUT2D eigenvalue weighted by Crippen LogP contribution is 2.14. The van der Waals surface area contributed by atoms with E-state index in [1.54, 1.807) is 0 Å². The minimum Gasteiger partial charge on any atom is -0.342 e. The van der Waals surface area contributed by atoms with E-state index in [2.05, 4.69) is 13.8 Å². The van der Waals surface area contributed by atoms with Crippen LogP contribution in [0, 0.1) is 5.92 Å². The fraction of sp³-hybridized carbons (Fsp3) is 0.909. The molecule has 0 saturated carbocycles. The SMILES string of the molecule is CCC[C@@H](C)C(=O)N1CCCCC1. The zero-order chi connectivity index (χ0) is 9.68. The Kier molecular flexibility index (Phi) is 4.26. The average Bonchev–Trinajstić information content (AvgIpc) is 2.18. The molecule has 1 saturated heterocycles. The van der Waals surface area contributed by atoms with Crippen LogP contribution >= 0.6 is 0 Å². The van der Waals surface area contributed by atoms with Crippen molar-refractivity contribution in [1.82, 2.24) is 4.90 Å². The van der Waals surface area contributed by atoms with Crippen LogP contribution < -0.4 is 0 Å². The summed E-state index contributed by atoms with van der Waals surface area (Å²) in [6, 6.07) is 0. The van der Waals surface area contributed by atoms with E-state index in [9.17, 15) is 4.79 Å². The molecule has 2 nitrogen and oxygen atoms in total. The number of carbonyl (C=O) groups is 1. The molecule has 1 aliphatic rings. The second-order valence-corrected chi connectivity index (χ2v) is 4.08. The molecule has 76 valence electrons. The van der Waals surface area contributed by atoms with Crippen molar-refractivity contribution < 1.29 is 4.79 Å². The number of rotatable bonds is 3. The maximum atomic E-state index is 11.8. The van der Waals surface area contributed by atoms with Crippen LogP contribution in [0.4, 0.5) is 0 Å². The zero-order valence-corrected chi connectivity index (χ0v) is 8.88. The Labute approximate surface area is 81.3 Å². The second kappa shape index (κ2) is 5.25. The lowest BCUT2D eigenvalue weighted by atomic mass is 10.0. The quantitative estimate of drug-likeness (QED) is 0.658. The van der Waals surface area contributed by atoms with Crippen molar-refractivity contribution in [2.45, 2.75) is 46.0 Å². The van der Waals surface area contributed by atoms with Crippen LogP contribution in [0.3, 0.4) is 0 Å². The topological polar surface area (TPSA) is 20.3 Å². The molecule has 1 aliphatic heterocycles. The van der Waals surface area contributed by atoms with Gasteiger partial charge in [0, 0.05) is 19.0 Å². The molecular formula is C11H21NO. The van der Waals surface area contributed by atoms with Gasteiger partial charge < -0.3 is 4.90 Å². The van der Waals surface area contributed by atoms with Gasteiger partial charge in [0.2, 0.25) is 5.91 Å². The summed E-state index contributed by atoms with van der Waals surface area (Å²) < 4.78 is 0. The molecule has 0 aliphatic carbocycles. The summed E-state index contributed by atoms with van der Waals surface area (Å²) in [7, 11) is 0. The van der Waals surface area contributed by atoms with Crippen molar-refractivity contribution in [1.29, 1.82) is 0 Å². The predicted molar refractivity (Wildman–Crippen MR) is 54.5 cm³/mol. The van der Waals surface area contributed by atoms with E-state index >= 15 is 0 Å². The Balaban J connectivity index is 2.36. The largest absolute Gasteiger partial charge is 0.342 e. The monoisotopic (exact) mass is 183 g/mol. The van der Waals surface area contributed by atoms with Gasteiger partial charge in [0.15, 0.2) is 0 Å². The van der Waals surface area contributed by atoms with Crippen molar-refractivity contribution in [2.75, 3.05) is 13.1 Å². The Morgan fingerprint density at radius 3 is 2.46 bits per heavy atom. The first-order chi connectivity index (χ1) is 6.25. The molecule has 0 N–H and O–H groups in total. The molecule has 0 spiro atoms. The maximum absolute atomic E-state index is 11.8. The van der Waals surface area contributed by atoms with Crippen molar-refractivity contribution in [3.8, 4) is 0 Å². The summed E-state index contributed by atoms with van der Waals surface area (Å²) >= 11 is 0. The van der Waals surface area contributed by atoms with Crippen LogP contribution in [0.25, 0.3) is 0 Å². The van der Waals surface area contributed by atoms with Gasteiger partial charge in [-0.05, 0) is 25.7 Å². The number of carbonyl (C=O) groups excluding carboxylic acids is 1. The Morgan fingerprint density at radius 1 is 1.31 bits per heavy atom. The number of hydrogen-bond acceptors (Lipinski definition) is 1. The lowest BCUT2D eigenvalue weighted by Crippen LogP contribution is -2.38. The van der Waals surface area contributed by atoms with E-state index in [4.69, 9.17) is 0 Å². The van der Waals surface area contributed by atoms with Crippen molar-refractivity contribution in [3.05, 3.63) is 0 Å². The number of nitrogens with zero attached hydrogens (tertiary/aromatic N) is 1. The third-order valence-corrected chi connectivity index (χ3v) is 2.81. The first kappa shape index (κ1) is 10.6. The second-order valence-electron chi connectivity index (χ2n) is 4.08. The zero-order valence-electron chi connectivity index (χ0n) is 8.88. The normalized spacial score (nSPS) is 20.0. The highest BCUT2D eigenvalue weighted by molar-refractivity contribution is 5.78. The average molecular weight is 183 g/mol. The molecule has 2 heteroatoms. The fourth-order valence-electron chi connectivity index (χ4n) is 1.98. The molecule has 0 bridgehead atoms. The summed E-state index contributed by atoms with van der Waals surface area (Å²) in [5, 5.41) is 0. The number of likely N-dealkylation sites (tertiary alicyclic amines) is 1. The van der Waals surface area contributed by atoms with Gasteiger partial charge in [0.25, 0.3) is 0 Å². The first-order valence-corrected chi connectivity index (χ1v) is 5.54. The van der Waals surface area contributed by atoms with Crippen molar-refractivity contribution in [3.63, 3.8) is 0 Å². The van der Waals surface area contributed by atoms with E-state index in [1.165, 1.54) is 19.3 Å². The van der Waals surface area contributed by atoms with Crippen LogP contribution in [-0.4, -0.2) is 23.9 Å². The minimum absolute atomic E-state index is 0.239.